The van der Waals surface area contributed by atoms with E-state index in [4.69, 9.17) is 0 Å². The Labute approximate surface area is 114 Å². The molecule has 1 unspecified atom stereocenters. The minimum Gasteiger partial charge on any atom is -0.480 e. The Balaban J connectivity index is 2.31. The number of likely N-dealkylation sites (tertiary alicyclic amines) is 1. The minimum absolute atomic E-state index is 0.445. The van der Waals surface area contributed by atoms with Gasteiger partial charge in [-0.05, 0) is 38.8 Å². The molecular formula is C15H22N2O2. The first-order chi connectivity index (χ1) is 9.19. The number of allylic oxidation sites excluding steroid dienone is 2. The topological polar surface area (TPSA) is 52.9 Å². The van der Waals surface area contributed by atoms with Crippen molar-refractivity contribution in [2.24, 2.45) is 10.9 Å². The van der Waals surface area contributed by atoms with E-state index in [1.54, 1.807) is 13.1 Å². The monoisotopic (exact) mass is 262 g/mol. The van der Waals surface area contributed by atoms with Crippen molar-refractivity contribution in [1.29, 1.82) is 0 Å². The normalized spacial score (nSPS) is 23.4. The van der Waals surface area contributed by atoms with Crippen molar-refractivity contribution in [2.45, 2.75) is 31.7 Å². The van der Waals surface area contributed by atoms with Crippen molar-refractivity contribution in [3.8, 4) is 0 Å². The van der Waals surface area contributed by atoms with Crippen LogP contribution < -0.4 is 0 Å². The van der Waals surface area contributed by atoms with Crippen LogP contribution in [0, 0.1) is 5.92 Å². The van der Waals surface area contributed by atoms with Crippen molar-refractivity contribution in [2.75, 3.05) is 20.1 Å². The van der Waals surface area contributed by atoms with Crippen LogP contribution in [0.1, 0.15) is 25.7 Å². The molecule has 0 aromatic heterocycles. The second-order valence-corrected chi connectivity index (χ2v) is 5.22. The molecule has 1 aliphatic heterocycles. The fourth-order valence-electron chi connectivity index (χ4n) is 2.83. The van der Waals surface area contributed by atoms with Gasteiger partial charge in [0.1, 0.15) is 6.04 Å². The molecule has 1 atom stereocenters. The lowest BCUT2D eigenvalue weighted by Gasteiger charge is -2.27. The lowest BCUT2D eigenvalue weighted by molar-refractivity contribution is -0.141. The van der Waals surface area contributed by atoms with Crippen LogP contribution in [0.4, 0.5) is 0 Å². The van der Waals surface area contributed by atoms with E-state index in [1.807, 2.05) is 11.0 Å². The van der Waals surface area contributed by atoms with Gasteiger partial charge in [-0.15, -0.1) is 0 Å². The summed E-state index contributed by atoms with van der Waals surface area (Å²) in [6.07, 6.45) is 7.90. The first kappa shape index (κ1) is 14.0. The maximum Gasteiger partial charge on any atom is 0.325 e. The second-order valence-electron chi connectivity index (χ2n) is 5.22. The molecular weight excluding hydrogens is 240 g/mol. The van der Waals surface area contributed by atoms with Gasteiger partial charge in [-0.3, -0.25) is 14.7 Å². The summed E-state index contributed by atoms with van der Waals surface area (Å²) >= 11 is 0. The molecule has 0 bridgehead atoms. The summed E-state index contributed by atoms with van der Waals surface area (Å²) in [7, 11) is 1.76. The van der Waals surface area contributed by atoms with Crippen LogP contribution in [0.5, 0.6) is 0 Å². The first-order valence-corrected chi connectivity index (χ1v) is 6.95. The van der Waals surface area contributed by atoms with Crippen LogP contribution in [0.2, 0.25) is 0 Å². The van der Waals surface area contributed by atoms with Gasteiger partial charge in [-0.2, -0.15) is 0 Å². The zero-order valence-corrected chi connectivity index (χ0v) is 11.5. The lowest BCUT2D eigenvalue weighted by Crippen LogP contribution is -2.43. The zero-order valence-electron chi connectivity index (χ0n) is 11.5. The summed E-state index contributed by atoms with van der Waals surface area (Å²) in [5.41, 5.74) is 1.79. The van der Waals surface area contributed by atoms with Gasteiger partial charge < -0.3 is 5.11 Å². The summed E-state index contributed by atoms with van der Waals surface area (Å²) in [4.78, 5) is 18.1. The van der Waals surface area contributed by atoms with E-state index in [1.165, 1.54) is 0 Å². The number of carboxylic acids is 1. The van der Waals surface area contributed by atoms with E-state index >= 15 is 0 Å². The van der Waals surface area contributed by atoms with Crippen molar-refractivity contribution in [3.05, 3.63) is 24.3 Å². The van der Waals surface area contributed by atoms with E-state index in [0.29, 0.717) is 5.92 Å². The highest BCUT2D eigenvalue weighted by molar-refractivity contribution is 6.08. The number of aliphatic imine (C=N–C) groups is 1. The molecule has 0 radical (unpaired) electrons. The molecule has 2 rings (SSSR count). The third-order valence-electron chi connectivity index (χ3n) is 3.83. The van der Waals surface area contributed by atoms with Gasteiger partial charge in [0.15, 0.2) is 0 Å². The fraction of sp³-hybridized carbons (Fsp3) is 0.600. The molecule has 1 saturated carbocycles. The molecule has 19 heavy (non-hydrogen) atoms. The highest BCUT2D eigenvalue weighted by Crippen LogP contribution is 2.35. The Hall–Kier alpha value is -1.42. The molecule has 0 aromatic rings. The Morgan fingerprint density at radius 1 is 1.42 bits per heavy atom. The summed E-state index contributed by atoms with van der Waals surface area (Å²) in [5.74, 6) is -0.336. The number of hydrogen-bond acceptors (Lipinski definition) is 3. The van der Waals surface area contributed by atoms with Crippen LogP contribution >= 0.6 is 0 Å². The number of hydrogen-bond donors (Lipinski definition) is 1. The standard InChI is InChI=1S/C15H22N2O2/c1-3-6-12(13(16-2)11-7-8-11)14(15(18)19)17-9-4-5-10-17/h3,6,11,14H,1,4-5,7-10H2,2H3,(H,18,19)/b12-6+,16-13?. The zero-order chi connectivity index (χ0) is 13.8. The molecule has 2 aliphatic rings. The van der Waals surface area contributed by atoms with Crippen LogP contribution in [0.3, 0.4) is 0 Å². The maximum absolute atomic E-state index is 11.7. The largest absolute Gasteiger partial charge is 0.480 e. The molecule has 4 nitrogen and oxygen atoms in total. The Morgan fingerprint density at radius 3 is 2.47 bits per heavy atom. The van der Waals surface area contributed by atoms with Crippen molar-refractivity contribution >= 4 is 11.7 Å². The second kappa shape index (κ2) is 6.15. The molecule has 0 spiro atoms. The molecule has 4 heteroatoms. The number of carboxylic acid groups (broad SMARTS) is 1. The SMILES string of the molecule is C=C/C=C(\C(=NC)C1CC1)C(C(=O)O)N1CCCC1. The average molecular weight is 262 g/mol. The average Bonchev–Trinajstić information content (AvgIpc) is 3.06. The fourth-order valence-corrected chi connectivity index (χ4v) is 2.83. The van der Waals surface area contributed by atoms with Crippen LogP contribution in [0.25, 0.3) is 0 Å². The maximum atomic E-state index is 11.7. The van der Waals surface area contributed by atoms with E-state index < -0.39 is 12.0 Å². The Bertz CT molecular complexity index is 416. The third kappa shape index (κ3) is 3.13. The quantitative estimate of drug-likeness (QED) is 0.589. The molecule has 1 saturated heterocycles. The third-order valence-corrected chi connectivity index (χ3v) is 3.83. The van der Waals surface area contributed by atoms with Gasteiger partial charge in [0.25, 0.3) is 0 Å². The molecule has 2 fully saturated rings. The predicted molar refractivity (Wildman–Crippen MR) is 76.6 cm³/mol. The summed E-state index contributed by atoms with van der Waals surface area (Å²) in [6, 6.07) is -0.570. The van der Waals surface area contributed by atoms with Crippen LogP contribution in [-0.4, -0.2) is 47.9 Å². The van der Waals surface area contributed by atoms with Gasteiger partial charge in [-0.1, -0.05) is 18.7 Å². The Morgan fingerprint density at radius 2 is 2.05 bits per heavy atom. The van der Waals surface area contributed by atoms with E-state index in [-0.39, 0.29) is 0 Å². The molecule has 0 amide bonds. The molecule has 0 aromatic carbocycles. The number of carbonyl (C=O) groups is 1. The van der Waals surface area contributed by atoms with E-state index in [9.17, 15) is 9.90 Å². The van der Waals surface area contributed by atoms with Crippen molar-refractivity contribution in [1.82, 2.24) is 4.90 Å². The van der Waals surface area contributed by atoms with E-state index in [0.717, 1.165) is 50.1 Å². The van der Waals surface area contributed by atoms with Crippen LogP contribution in [-0.2, 0) is 4.79 Å². The highest BCUT2D eigenvalue weighted by Gasteiger charge is 2.38. The summed E-state index contributed by atoms with van der Waals surface area (Å²) in [6.45, 7) is 5.43. The summed E-state index contributed by atoms with van der Waals surface area (Å²) in [5, 5.41) is 9.61. The van der Waals surface area contributed by atoms with Gasteiger partial charge in [0, 0.05) is 24.3 Å². The van der Waals surface area contributed by atoms with Gasteiger partial charge in [-0.25, -0.2) is 0 Å². The molecule has 104 valence electrons. The number of aliphatic carboxylic acids is 1. The van der Waals surface area contributed by atoms with Crippen molar-refractivity contribution in [3.63, 3.8) is 0 Å². The number of nitrogens with zero attached hydrogens (tertiary/aromatic N) is 2. The van der Waals surface area contributed by atoms with Gasteiger partial charge in [0.2, 0.25) is 0 Å². The van der Waals surface area contributed by atoms with Crippen LogP contribution in [0.15, 0.2) is 29.3 Å². The number of rotatable bonds is 6. The summed E-state index contributed by atoms with van der Waals surface area (Å²) < 4.78 is 0. The highest BCUT2D eigenvalue weighted by atomic mass is 16.4. The van der Waals surface area contributed by atoms with Gasteiger partial charge in [0.05, 0.1) is 0 Å². The molecule has 1 aliphatic carbocycles. The first-order valence-electron chi connectivity index (χ1n) is 6.95. The van der Waals surface area contributed by atoms with E-state index in [2.05, 4.69) is 11.6 Å². The minimum atomic E-state index is -0.781. The van der Waals surface area contributed by atoms with Crippen molar-refractivity contribution < 1.29 is 9.90 Å². The lowest BCUT2D eigenvalue weighted by atomic mass is 9.96. The smallest absolute Gasteiger partial charge is 0.325 e. The molecule has 1 heterocycles. The Kier molecular flexibility index (Phi) is 4.53. The van der Waals surface area contributed by atoms with Gasteiger partial charge >= 0.3 is 5.97 Å². The predicted octanol–water partition coefficient (Wildman–Crippen LogP) is 2.13. The molecule has 1 N–H and O–H groups in total.